The number of thiazole rings is 1. The summed E-state index contributed by atoms with van der Waals surface area (Å²) in [6.45, 7) is 6.32. The van der Waals surface area contributed by atoms with E-state index in [0.717, 1.165) is 16.0 Å². The van der Waals surface area contributed by atoms with Crippen LogP contribution in [-0.4, -0.2) is 17.1 Å². The number of fused-ring (bicyclic) bond motifs is 1. The molecule has 7 heteroatoms. The van der Waals surface area contributed by atoms with E-state index in [1.807, 2.05) is 66.1 Å². The molecule has 0 amide bonds. The molecule has 1 aliphatic rings. The van der Waals surface area contributed by atoms with Crippen molar-refractivity contribution in [3.8, 4) is 0 Å². The van der Waals surface area contributed by atoms with Crippen molar-refractivity contribution >= 4 is 40.4 Å². The maximum atomic E-state index is 13.8. The lowest BCUT2D eigenvalue weighted by atomic mass is 9.97. The van der Waals surface area contributed by atoms with Crippen LogP contribution in [0.15, 0.2) is 87.5 Å². The van der Waals surface area contributed by atoms with Crippen molar-refractivity contribution in [2.75, 3.05) is 6.61 Å². The number of carbonyl (C=O) groups excluding carboxylic acids is 1. The third kappa shape index (κ3) is 4.52. The monoisotopic (exact) mass is 514 g/mol. The third-order valence-corrected chi connectivity index (χ3v) is 7.99. The van der Waals surface area contributed by atoms with Gasteiger partial charge >= 0.3 is 5.97 Å². The first-order chi connectivity index (χ1) is 17.5. The van der Waals surface area contributed by atoms with Crippen LogP contribution in [0.25, 0.3) is 11.8 Å². The maximum absolute atomic E-state index is 13.8. The standard InChI is InChI=1S/C29H26N2O3S2/c1-4-34-28(33)24-25(21-9-6-5-7-10-21)30-29-31(26(24)22-11-8-16-35-22)27(32)23(36-29)17-19-12-14-20(15-13-19)18(2)3/h5-18,26H,4H2,1-3H3/b23-17+. The second-order valence-corrected chi connectivity index (χ2v) is 10.8. The molecule has 182 valence electrons. The molecule has 2 aromatic carbocycles. The number of thiophene rings is 1. The molecule has 0 fully saturated rings. The van der Waals surface area contributed by atoms with E-state index in [0.29, 0.717) is 26.5 Å². The van der Waals surface area contributed by atoms with Gasteiger partial charge < -0.3 is 4.74 Å². The van der Waals surface area contributed by atoms with Crippen molar-refractivity contribution in [2.45, 2.75) is 32.7 Å². The highest BCUT2D eigenvalue weighted by Crippen LogP contribution is 2.36. The van der Waals surface area contributed by atoms with Crippen LogP contribution in [-0.2, 0) is 9.53 Å². The Morgan fingerprint density at radius 1 is 1.08 bits per heavy atom. The van der Waals surface area contributed by atoms with Crippen LogP contribution < -0.4 is 14.9 Å². The molecule has 2 aromatic heterocycles. The molecular formula is C29H26N2O3S2. The summed E-state index contributed by atoms with van der Waals surface area (Å²) >= 11 is 2.85. The van der Waals surface area contributed by atoms with Gasteiger partial charge in [-0.15, -0.1) is 11.3 Å². The minimum absolute atomic E-state index is 0.168. The predicted molar refractivity (Wildman–Crippen MR) is 146 cm³/mol. The number of aromatic nitrogens is 1. The van der Waals surface area contributed by atoms with Gasteiger partial charge in [0.15, 0.2) is 4.80 Å². The zero-order valence-corrected chi connectivity index (χ0v) is 21.9. The molecule has 1 unspecified atom stereocenters. The summed E-state index contributed by atoms with van der Waals surface area (Å²) in [5.41, 5.74) is 3.76. The molecule has 1 aliphatic heterocycles. The van der Waals surface area contributed by atoms with Crippen molar-refractivity contribution in [1.29, 1.82) is 0 Å². The van der Waals surface area contributed by atoms with E-state index >= 15 is 0 Å². The fraction of sp³-hybridized carbons (Fsp3) is 0.207. The third-order valence-electron chi connectivity index (χ3n) is 6.09. The van der Waals surface area contributed by atoms with Crippen LogP contribution >= 0.6 is 22.7 Å². The van der Waals surface area contributed by atoms with Gasteiger partial charge in [-0.05, 0) is 41.5 Å². The van der Waals surface area contributed by atoms with Gasteiger partial charge in [-0.25, -0.2) is 9.79 Å². The van der Waals surface area contributed by atoms with Crippen LogP contribution in [0.1, 0.15) is 54.3 Å². The largest absolute Gasteiger partial charge is 0.463 e. The summed E-state index contributed by atoms with van der Waals surface area (Å²) < 4.78 is 7.69. The molecular weight excluding hydrogens is 488 g/mol. The van der Waals surface area contributed by atoms with Gasteiger partial charge in [0.05, 0.1) is 22.4 Å². The molecule has 5 rings (SSSR count). The summed E-state index contributed by atoms with van der Waals surface area (Å²) in [5.74, 6) is -0.0232. The van der Waals surface area contributed by atoms with E-state index in [1.54, 1.807) is 11.5 Å². The molecule has 0 aliphatic carbocycles. The van der Waals surface area contributed by atoms with Gasteiger partial charge in [0.1, 0.15) is 6.04 Å². The molecule has 0 saturated carbocycles. The minimum atomic E-state index is -0.610. The topological polar surface area (TPSA) is 60.7 Å². The smallest absolute Gasteiger partial charge is 0.338 e. The Morgan fingerprint density at radius 2 is 1.83 bits per heavy atom. The molecule has 0 bridgehead atoms. The van der Waals surface area contributed by atoms with E-state index in [2.05, 4.69) is 26.0 Å². The summed E-state index contributed by atoms with van der Waals surface area (Å²) in [4.78, 5) is 33.4. The van der Waals surface area contributed by atoms with E-state index < -0.39 is 12.0 Å². The van der Waals surface area contributed by atoms with Crippen LogP contribution in [0.3, 0.4) is 0 Å². The molecule has 0 radical (unpaired) electrons. The molecule has 4 aromatic rings. The number of hydrogen-bond donors (Lipinski definition) is 0. The average Bonchev–Trinajstić information content (AvgIpc) is 3.52. The Balaban J connectivity index is 1.76. The van der Waals surface area contributed by atoms with Gasteiger partial charge in [0, 0.05) is 10.4 Å². The van der Waals surface area contributed by atoms with Gasteiger partial charge in [-0.1, -0.05) is 85.8 Å². The second-order valence-electron chi connectivity index (χ2n) is 8.77. The Bertz CT molecular complexity index is 1590. The average molecular weight is 515 g/mol. The van der Waals surface area contributed by atoms with Crippen LogP contribution in [0.2, 0.25) is 0 Å². The minimum Gasteiger partial charge on any atom is -0.463 e. The van der Waals surface area contributed by atoms with Crippen molar-refractivity contribution in [3.05, 3.63) is 119 Å². The van der Waals surface area contributed by atoms with E-state index in [-0.39, 0.29) is 12.2 Å². The number of ether oxygens (including phenoxy) is 1. The fourth-order valence-electron chi connectivity index (χ4n) is 4.28. The quantitative estimate of drug-likeness (QED) is 0.336. The molecule has 1 atom stereocenters. The number of nitrogens with zero attached hydrogens (tertiary/aromatic N) is 2. The Labute approximate surface area is 217 Å². The first-order valence-electron chi connectivity index (χ1n) is 11.9. The molecule has 0 N–H and O–H groups in total. The zero-order valence-electron chi connectivity index (χ0n) is 20.3. The van der Waals surface area contributed by atoms with Crippen molar-refractivity contribution in [2.24, 2.45) is 4.99 Å². The van der Waals surface area contributed by atoms with Crippen molar-refractivity contribution < 1.29 is 9.53 Å². The lowest BCUT2D eigenvalue weighted by Gasteiger charge is -2.24. The summed E-state index contributed by atoms with van der Waals surface area (Å²) in [7, 11) is 0. The fourth-order valence-corrected chi connectivity index (χ4v) is 6.11. The van der Waals surface area contributed by atoms with E-state index in [9.17, 15) is 9.59 Å². The lowest BCUT2D eigenvalue weighted by molar-refractivity contribution is -0.138. The molecule has 5 nitrogen and oxygen atoms in total. The molecule has 0 saturated heterocycles. The first-order valence-corrected chi connectivity index (χ1v) is 13.6. The number of hydrogen-bond acceptors (Lipinski definition) is 6. The lowest BCUT2D eigenvalue weighted by Crippen LogP contribution is -2.39. The van der Waals surface area contributed by atoms with E-state index in [1.165, 1.54) is 28.2 Å². The Morgan fingerprint density at radius 3 is 2.47 bits per heavy atom. The number of benzene rings is 2. The first kappa shape index (κ1) is 24.2. The SMILES string of the molecule is CCOC(=O)C1=C(c2ccccc2)N=c2s/c(=C/c3ccc(C(C)C)cc3)c(=O)n2C1c1cccs1. The van der Waals surface area contributed by atoms with Crippen molar-refractivity contribution in [1.82, 2.24) is 4.57 Å². The normalized spacial score (nSPS) is 15.7. The molecule has 36 heavy (non-hydrogen) atoms. The summed E-state index contributed by atoms with van der Waals surface area (Å²) in [5, 5.41) is 1.95. The highest BCUT2D eigenvalue weighted by molar-refractivity contribution is 7.10. The van der Waals surface area contributed by atoms with E-state index in [4.69, 9.17) is 9.73 Å². The van der Waals surface area contributed by atoms with Gasteiger partial charge in [-0.3, -0.25) is 9.36 Å². The Hall–Kier alpha value is -3.55. The van der Waals surface area contributed by atoms with Crippen molar-refractivity contribution in [3.63, 3.8) is 0 Å². The predicted octanol–water partition coefficient (Wildman–Crippen LogP) is 5.12. The van der Waals surface area contributed by atoms with Gasteiger partial charge in [0.25, 0.3) is 5.56 Å². The van der Waals surface area contributed by atoms with Crippen LogP contribution in [0.4, 0.5) is 0 Å². The highest BCUT2D eigenvalue weighted by atomic mass is 32.1. The number of rotatable bonds is 6. The number of carbonyl (C=O) groups is 1. The summed E-state index contributed by atoms with van der Waals surface area (Å²) in [6, 6.07) is 21.1. The Kier molecular flexibility index (Phi) is 6.85. The van der Waals surface area contributed by atoms with Gasteiger partial charge in [-0.2, -0.15) is 0 Å². The van der Waals surface area contributed by atoms with Gasteiger partial charge in [0.2, 0.25) is 0 Å². The summed E-state index contributed by atoms with van der Waals surface area (Å²) in [6.07, 6.45) is 1.90. The molecule has 0 spiro atoms. The second kappa shape index (κ2) is 10.2. The number of esters is 1. The highest BCUT2D eigenvalue weighted by Gasteiger charge is 2.35. The van der Waals surface area contributed by atoms with Crippen LogP contribution in [0, 0.1) is 0 Å². The molecule has 3 heterocycles. The zero-order chi connectivity index (χ0) is 25.2. The maximum Gasteiger partial charge on any atom is 0.338 e. The van der Waals surface area contributed by atoms with Crippen LogP contribution in [0.5, 0.6) is 0 Å².